The average molecular weight is 506 g/mol. The predicted octanol–water partition coefficient (Wildman–Crippen LogP) is 6.67. The van der Waals surface area contributed by atoms with Gasteiger partial charge < -0.3 is 14.4 Å². The third kappa shape index (κ3) is 14.3. The summed E-state index contributed by atoms with van der Waals surface area (Å²) in [5, 5.41) is 12.6. The highest BCUT2D eigenvalue weighted by Crippen LogP contribution is 2.46. The predicted molar refractivity (Wildman–Crippen MR) is 140 cm³/mol. The number of hydrogen-bond acceptors (Lipinski definition) is 7. The van der Waals surface area contributed by atoms with Crippen molar-refractivity contribution in [2.75, 3.05) is 25.5 Å². The first-order chi connectivity index (χ1) is 15.5. The zero-order valence-electron chi connectivity index (χ0n) is 20.5. The van der Waals surface area contributed by atoms with Gasteiger partial charge in [-0.1, -0.05) is 40.9 Å². The fourth-order valence-corrected chi connectivity index (χ4v) is 8.23. The van der Waals surface area contributed by atoms with Crippen molar-refractivity contribution in [2.24, 2.45) is 0 Å². The summed E-state index contributed by atoms with van der Waals surface area (Å²) < 4.78 is 14.3. The molecular formula is C23H44N3O3PS2. The van der Waals surface area contributed by atoms with Crippen molar-refractivity contribution >= 4 is 36.0 Å². The fraction of sp³-hybridized carbons (Fsp3) is 0.913. The minimum absolute atomic E-state index is 0.199. The van der Waals surface area contributed by atoms with E-state index in [4.69, 9.17) is 14.3 Å². The quantitative estimate of drug-likeness (QED) is 0.119. The van der Waals surface area contributed by atoms with Crippen molar-refractivity contribution in [3.8, 4) is 6.07 Å². The van der Waals surface area contributed by atoms with Gasteiger partial charge in [-0.25, -0.2) is 4.67 Å². The first-order valence-electron chi connectivity index (χ1n) is 12.2. The molecule has 9 heteroatoms. The van der Waals surface area contributed by atoms with Gasteiger partial charge in [-0.15, -0.1) is 0 Å². The molecule has 186 valence electrons. The van der Waals surface area contributed by atoms with Crippen LogP contribution in [0.5, 0.6) is 0 Å². The minimum atomic E-state index is -1.14. The van der Waals surface area contributed by atoms with Gasteiger partial charge in [0, 0.05) is 36.1 Å². The Morgan fingerprint density at radius 2 is 1.81 bits per heavy atom. The van der Waals surface area contributed by atoms with Crippen LogP contribution in [0.15, 0.2) is 0 Å². The van der Waals surface area contributed by atoms with Gasteiger partial charge in [-0.3, -0.25) is 4.79 Å². The van der Waals surface area contributed by atoms with E-state index in [2.05, 4.69) is 43.8 Å². The van der Waals surface area contributed by atoms with Crippen LogP contribution in [0.1, 0.15) is 91.9 Å². The largest absolute Gasteiger partial charge is 0.356 e. The van der Waals surface area contributed by atoms with Gasteiger partial charge in [-0.05, 0) is 59.8 Å². The highest BCUT2D eigenvalue weighted by atomic mass is 33.1. The Morgan fingerprint density at radius 1 is 1.09 bits per heavy atom. The lowest BCUT2D eigenvalue weighted by atomic mass is 10.1. The molecule has 0 aromatic heterocycles. The van der Waals surface area contributed by atoms with Crippen LogP contribution in [-0.4, -0.2) is 53.4 Å². The lowest BCUT2D eigenvalue weighted by Gasteiger charge is -2.35. The Kier molecular flexibility index (Phi) is 18.1. The van der Waals surface area contributed by atoms with Crippen molar-refractivity contribution in [2.45, 2.75) is 109 Å². The summed E-state index contributed by atoms with van der Waals surface area (Å²) in [5.74, 6) is 1.48. The van der Waals surface area contributed by atoms with Crippen LogP contribution in [0.25, 0.3) is 0 Å². The van der Waals surface area contributed by atoms with Gasteiger partial charge in [0.1, 0.15) is 0 Å². The lowest BCUT2D eigenvalue weighted by molar-refractivity contribution is -0.121. The van der Waals surface area contributed by atoms with Crippen molar-refractivity contribution in [3.05, 3.63) is 0 Å². The van der Waals surface area contributed by atoms with Crippen LogP contribution in [0, 0.1) is 11.3 Å². The van der Waals surface area contributed by atoms with Gasteiger partial charge in [0.25, 0.3) is 8.53 Å². The van der Waals surface area contributed by atoms with Crippen LogP contribution < -0.4 is 5.32 Å². The smallest absolute Gasteiger partial charge is 0.259 e. The molecule has 2 atom stereocenters. The molecule has 0 spiro atoms. The van der Waals surface area contributed by atoms with Crippen LogP contribution in [-0.2, 0) is 13.8 Å². The molecule has 1 N–H and O–H groups in total. The Balaban J connectivity index is 2.06. The van der Waals surface area contributed by atoms with E-state index in [0.29, 0.717) is 38.1 Å². The first kappa shape index (κ1) is 30.0. The van der Waals surface area contributed by atoms with Gasteiger partial charge in [-0.2, -0.15) is 5.26 Å². The zero-order chi connectivity index (χ0) is 23.6. The number of nitrogens with zero attached hydrogens (tertiary/aromatic N) is 2. The van der Waals surface area contributed by atoms with Crippen molar-refractivity contribution in [1.82, 2.24) is 9.99 Å². The first-order valence-corrected chi connectivity index (χ1v) is 15.7. The Morgan fingerprint density at radius 3 is 2.47 bits per heavy atom. The molecule has 2 unspecified atom stereocenters. The van der Waals surface area contributed by atoms with Crippen molar-refractivity contribution < 1.29 is 13.8 Å². The number of rotatable bonds is 19. The number of carbonyl (C=O) groups excluding carboxylic acids is 1. The molecule has 1 heterocycles. The maximum atomic E-state index is 12.0. The average Bonchev–Trinajstić information content (AvgIpc) is 3.26. The van der Waals surface area contributed by atoms with Crippen LogP contribution in [0.2, 0.25) is 0 Å². The molecule has 6 nitrogen and oxygen atoms in total. The highest BCUT2D eigenvalue weighted by Gasteiger charge is 2.26. The minimum Gasteiger partial charge on any atom is -0.356 e. The standard InChI is InChI=1S/C23H44N3O3PS2/c1-20(2)26(21(3)4)30(29-18-11-15-24)28-17-10-6-5-9-16-25-23(27)13-8-7-12-22-14-19-31-32-22/h20-22H,5-14,16-19H2,1-4H3,(H,25,27). The molecule has 1 amide bonds. The van der Waals surface area contributed by atoms with Crippen LogP contribution in [0.4, 0.5) is 0 Å². The SMILES string of the molecule is CC(C)N(C(C)C)P(OCCC#N)OCCCCCCNC(=O)CCCCC1CCSS1. The Hall–Kier alpha value is -0.0300. The molecule has 0 radical (unpaired) electrons. The molecule has 1 fully saturated rings. The number of amides is 1. The maximum Gasteiger partial charge on any atom is 0.259 e. The molecule has 32 heavy (non-hydrogen) atoms. The third-order valence-electron chi connectivity index (χ3n) is 5.16. The van der Waals surface area contributed by atoms with E-state index >= 15 is 0 Å². The molecular weight excluding hydrogens is 461 g/mol. The number of unbranched alkanes of at least 4 members (excludes halogenated alkanes) is 4. The summed E-state index contributed by atoms with van der Waals surface area (Å²) >= 11 is 0. The molecule has 1 aliphatic heterocycles. The molecule has 0 aromatic carbocycles. The molecule has 0 saturated carbocycles. The molecule has 0 bridgehead atoms. The van der Waals surface area contributed by atoms with Gasteiger partial charge in [0.05, 0.1) is 25.7 Å². The summed E-state index contributed by atoms with van der Waals surface area (Å²) in [4.78, 5) is 12.0. The third-order valence-corrected chi connectivity index (χ3v) is 10.3. The number of hydrogen-bond donors (Lipinski definition) is 1. The highest BCUT2D eigenvalue weighted by molar-refractivity contribution is 8.77. The zero-order valence-corrected chi connectivity index (χ0v) is 23.0. The molecule has 1 rings (SSSR count). The van der Waals surface area contributed by atoms with Gasteiger partial charge in [0.15, 0.2) is 0 Å². The van der Waals surface area contributed by atoms with E-state index in [1.54, 1.807) is 0 Å². The molecule has 0 aliphatic carbocycles. The second-order valence-electron chi connectivity index (χ2n) is 8.72. The van der Waals surface area contributed by atoms with E-state index in [9.17, 15) is 4.79 Å². The van der Waals surface area contributed by atoms with Crippen molar-refractivity contribution in [3.63, 3.8) is 0 Å². The lowest BCUT2D eigenvalue weighted by Crippen LogP contribution is -2.33. The van der Waals surface area contributed by atoms with E-state index < -0.39 is 8.53 Å². The summed E-state index contributed by atoms with van der Waals surface area (Å²) in [7, 11) is 2.87. The van der Waals surface area contributed by atoms with E-state index in [-0.39, 0.29) is 5.91 Å². The normalized spacial score (nSPS) is 17.2. The van der Waals surface area contributed by atoms with E-state index in [0.717, 1.165) is 43.9 Å². The number of carbonyl (C=O) groups is 1. The van der Waals surface area contributed by atoms with Gasteiger partial charge in [0.2, 0.25) is 5.91 Å². The number of nitrogens with one attached hydrogen (secondary N) is 1. The molecule has 1 saturated heterocycles. The van der Waals surface area contributed by atoms with Crippen LogP contribution >= 0.6 is 30.1 Å². The topological polar surface area (TPSA) is 74.6 Å². The van der Waals surface area contributed by atoms with Gasteiger partial charge >= 0.3 is 0 Å². The fourth-order valence-electron chi connectivity index (χ4n) is 3.57. The number of nitriles is 1. The van der Waals surface area contributed by atoms with E-state index in [1.165, 1.54) is 25.0 Å². The second kappa shape index (κ2) is 19.3. The summed E-state index contributed by atoms with van der Waals surface area (Å²) in [6.07, 6.45) is 9.97. The Bertz CT molecular complexity index is 521. The molecule has 0 aromatic rings. The second-order valence-corrected chi connectivity index (χ2v) is 13.0. The van der Waals surface area contributed by atoms with Crippen molar-refractivity contribution in [1.29, 1.82) is 5.26 Å². The Labute approximate surface area is 205 Å². The van der Waals surface area contributed by atoms with E-state index in [1.807, 2.05) is 21.6 Å². The summed E-state index contributed by atoms with van der Waals surface area (Å²) in [6, 6.07) is 2.78. The monoisotopic (exact) mass is 505 g/mol. The summed E-state index contributed by atoms with van der Waals surface area (Å²) in [5.41, 5.74) is 0. The molecule has 1 aliphatic rings. The summed E-state index contributed by atoms with van der Waals surface area (Å²) in [6.45, 7) is 10.4. The maximum absolute atomic E-state index is 12.0. The van der Waals surface area contributed by atoms with Crippen LogP contribution in [0.3, 0.4) is 0 Å².